The van der Waals surface area contributed by atoms with Gasteiger partial charge in [0.25, 0.3) is 5.91 Å². The molecule has 0 heterocycles. The number of phenols is 1. The van der Waals surface area contributed by atoms with Crippen molar-refractivity contribution in [3.63, 3.8) is 0 Å². The minimum absolute atomic E-state index is 0.0901. The molecule has 3 aliphatic rings. The number of amides is 1. The third-order valence-corrected chi connectivity index (χ3v) is 11.1. The number of carbonyl (C=O) groups excluding carboxylic acids is 1. The van der Waals surface area contributed by atoms with Gasteiger partial charge in [-0.05, 0) is 98.3 Å². The van der Waals surface area contributed by atoms with Crippen LogP contribution < -0.4 is 0 Å². The molecule has 5 atom stereocenters. The van der Waals surface area contributed by atoms with Crippen LogP contribution in [0, 0.1) is 29.1 Å². The first-order valence-electron chi connectivity index (χ1n) is 17.2. The van der Waals surface area contributed by atoms with E-state index in [9.17, 15) is 15.0 Å². The van der Waals surface area contributed by atoms with Crippen LogP contribution in [-0.4, -0.2) is 39.7 Å². The zero-order valence-corrected chi connectivity index (χ0v) is 26.4. The van der Waals surface area contributed by atoms with Gasteiger partial charge in [0.2, 0.25) is 0 Å². The van der Waals surface area contributed by atoms with E-state index in [2.05, 4.69) is 38.7 Å². The number of aliphatic hydroxyl groups is 1. The lowest BCUT2D eigenvalue weighted by Crippen LogP contribution is -2.50. The Labute approximate surface area is 250 Å². The Balaban J connectivity index is 1.40. The number of benzene rings is 1. The summed E-state index contributed by atoms with van der Waals surface area (Å²) < 4.78 is 0. The molecular weight excluding hydrogens is 506 g/mol. The molecule has 0 saturated heterocycles. The number of aryl methyl sites for hydroxylation is 1. The van der Waals surface area contributed by atoms with E-state index in [0.717, 1.165) is 58.0 Å². The van der Waals surface area contributed by atoms with Crippen LogP contribution in [0.2, 0.25) is 0 Å². The van der Waals surface area contributed by atoms with Crippen LogP contribution in [0.1, 0.15) is 147 Å². The van der Waals surface area contributed by atoms with E-state index in [4.69, 9.17) is 0 Å². The second kappa shape index (κ2) is 15.0. The van der Waals surface area contributed by atoms with Crippen LogP contribution in [0.5, 0.6) is 5.75 Å². The highest BCUT2D eigenvalue weighted by Crippen LogP contribution is 2.64. The van der Waals surface area contributed by atoms with Crippen molar-refractivity contribution in [3.05, 3.63) is 29.3 Å². The minimum atomic E-state index is -1.10. The van der Waals surface area contributed by atoms with Gasteiger partial charge >= 0.3 is 0 Å². The number of phenolic OH excluding ortho intramolecular Hbond substituents is 1. The lowest BCUT2D eigenvalue weighted by Gasteiger charge is -2.52. The maximum atomic E-state index is 13.5. The Bertz CT molecular complexity index is 1040. The topological polar surface area (TPSA) is 60.8 Å². The van der Waals surface area contributed by atoms with Crippen LogP contribution in [0.3, 0.4) is 0 Å². The van der Waals surface area contributed by atoms with Crippen LogP contribution in [0.15, 0.2) is 18.2 Å². The number of unbranched alkanes of at least 4 members (excludes halogenated alkanes) is 10. The summed E-state index contributed by atoms with van der Waals surface area (Å²) >= 11 is 0. The summed E-state index contributed by atoms with van der Waals surface area (Å²) in [4.78, 5) is 15.4. The molecule has 1 aromatic carbocycles. The lowest BCUT2D eigenvalue weighted by atomic mass is 9.53. The number of fused-ring (bicyclic) bond motifs is 5. The SMILES string of the molecule is CCCCCCCCN(CCCCCCCC)C(=O)C#C[C@]1(O)CC[C@H]2[C@@H]3CCc4cc(O)ccc4[C@H]3CC[C@@]21C. The maximum absolute atomic E-state index is 13.5. The third-order valence-electron chi connectivity index (χ3n) is 11.1. The van der Waals surface area contributed by atoms with Gasteiger partial charge in [-0.3, -0.25) is 4.79 Å². The number of rotatable bonds is 14. The Morgan fingerprint density at radius 2 is 1.54 bits per heavy atom. The Hall–Kier alpha value is -1.99. The van der Waals surface area contributed by atoms with E-state index >= 15 is 0 Å². The van der Waals surface area contributed by atoms with Gasteiger partial charge in [-0.2, -0.15) is 0 Å². The molecular formula is C37H57NO3. The monoisotopic (exact) mass is 563 g/mol. The summed E-state index contributed by atoms with van der Waals surface area (Å²) in [6.07, 6.45) is 20.3. The molecule has 0 unspecified atom stereocenters. The van der Waals surface area contributed by atoms with E-state index in [1.807, 2.05) is 17.0 Å². The first kappa shape index (κ1) is 31.9. The molecule has 41 heavy (non-hydrogen) atoms. The standard InChI is InChI=1S/C37H57NO3/c1-4-6-8-10-12-14-26-38(27-15-13-11-9-7-5-2)35(40)22-25-37(41)24-21-34-33-18-16-29-28-30(39)17-19-31(29)32(33)20-23-36(34,37)3/h17,19,28,32-34,39,41H,4-16,18,20-21,23-24,26-27H2,1-3H3/t32-,33-,34+,36+,37-/m1/s1. The lowest BCUT2D eigenvalue weighted by molar-refractivity contribution is -0.125. The van der Waals surface area contributed by atoms with E-state index in [0.29, 0.717) is 29.9 Å². The summed E-state index contributed by atoms with van der Waals surface area (Å²) in [5.74, 6) is 7.94. The van der Waals surface area contributed by atoms with Gasteiger partial charge < -0.3 is 15.1 Å². The molecule has 0 spiro atoms. The molecule has 1 amide bonds. The van der Waals surface area contributed by atoms with Crippen molar-refractivity contribution in [1.29, 1.82) is 0 Å². The smallest absolute Gasteiger partial charge is 0.298 e. The predicted octanol–water partition coefficient (Wildman–Crippen LogP) is 8.53. The summed E-state index contributed by atoms with van der Waals surface area (Å²) in [7, 11) is 0. The highest BCUT2D eigenvalue weighted by atomic mass is 16.3. The largest absolute Gasteiger partial charge is 0.508 e. The van der Waals surface area contributed by atoms with Gasteiger partial charge in [0.15, 0.2) is 0 Å². The molecule has 2 fully saturated rings. The number of hydrogen-bond acceptors (Lipinski definition) is 3. The number of carbonyl (C=O) groups is 1. The summed E-state index contributed by atoms with van der Waals surface area (Å²) in [5.41, 5.74) is 1.32. The Morgan fingerprint density at radius 1 is 0.902 bits per heavy atom. The molecule has 4 rings (SSSR count). The van der Waals surface area contributed by atoms with Gasteiger partial charge in [0.1, 0.15) is 11.4 Å². The number of hydrogen-bond donors (Lipinski definition) is 2. The second-order valence-corrected chi connectivity index (χ2v) is 13.7. The van der Waals surface area contributed by atoms with Crippen molar-refractivity contribution < 1.29 is 15.0 Å². The van der Waals surface area contributed by atoms with E-state index in [1.165, 1.54) is 75.3 Å². The van der Waals surface area contributed by atoms with Gasteiger partial charge in [-0.25, -0.2) is 0 Å². The molecule has 228 valence electrons. The Morgan fingerprint density at radius 3 is 2.20 bits per heavy atom. The summed E-state index contributed by atoms with van der Waals surface area (Å²) in [6, 6.07) is 5.91. The highest BCUT2D eigenvalue weighted by molar-refractivity contribution is 5.93. The molecule has 1 aromatic rings. The Kier molecular flexibility index (Phi) is 11.6. The molecule has 2 saturated carbocycles. The molecule has 4 nitrogen and oxygen atoms in total. The van der Waals surface area contributed by atoms with Gasteiger partial charge in [-0.15, -0.1) is 0 Å². The van der Waals surface area contributed by atoms with Crippen molar-refractivity contribution in [2.24, 2.45) is 17.3 Å². The zero-order valence-electron chi connectivity index (χ0n) is 26.4. The third kappa shape index (κ3) is 7.51. The summed E-state index contributed by atoms with van der Waals surface area (Å²) in [5, 5.41) is 22.0. The molecule has 0 aliphatic heterocycles. The predicted molar refractivity (Wildman–Crippen MR) is 169 cm³/mol. The van der Waals surface area contributed by atoms with Crippen molar-refractivity contribution in [3.8, 4) is 17.6 Å². The van der Waals surface area contributed by atoms with Crippen LogP contribution >= 0.6 is 0 Å². The minimum Gasteiger partial charge on any atom is -0.508 e. The normalized spacial score (nSPS) is 28.2. The zero-order chi connectivity index (χ0) is 29.3. The summed E-state index contributed by atoms with van der Waals surface area (Å²) in [6.45, 7) is 8.30. The molecule has 0 radical (unpaired) electrons. The quantitative estimate of drug-likeness (QED) is 0.176. The molecule has 0 aromatic heterocycles. The van der Waals surface area contributed by atoms with Gasteiger partial charge in [0.05, 0.1) is 0 Å². The van der Waals surface area contributed by atoms with Crippen molar-refractivity contribution in [2.75, 3.05) is 13.1 Å². The fourth-order valence-electron chi connectivity index (χ4n) is 8.51. The number of aromatic hydroxyl groups is 1. The fraction of sp³-hybridized carbons (Fsp3) is 0.757. The second-order valence-electron chi connectivity index (χ2n) is 13.7. The van der Waals surface area contributed by atoms with E-state index in [1.54, 1.807) is 0 Å². The van der Waals surface area contributed by atoms with Crippen molar-refractivity contribution >= 4 is 5.91 Å². The van der Waals surface area contributed by atoms with E-state index < -0.39 is 5.60 Å². The first-order valence-corrected chi connectivity index (χ1v) is 17.2. The molecule has 2 N–H and O–H groups in total. The number of nitrogens with zero attached hydrogens (tertiary/aromatic N) is 1. The van der Waals surface area contributed by atoms with Gasteiger partial charge in [0, 0.05) is 18.5 Å². The highest BCUT2D eigenvalue weighted by Gasteiger charge is 2.61. The molecule has 4 heteroatoms. The van der Waals surface area contributed by atoms with Crippen LogP contribution in [0.4, 0.5) is 0 Å². The maximum Gasteiger partial charge on any atom is 0.298 e. The fourth-order valence-corrected chi connectivity index (χ4v) is 8.51. The van der Waals surface area contributed by atoms with E-state index in [-0.39, 0.29) is 11.3 Å². The van der Waals surface area contributed by atoms with Crippen molar-refractivity contribution in [2.45, 2.75) is 148 Å². The van der Waals surface area contributed by atoms with Crippen LogP contribution in [0.25, 0.3) is 0 Å². The first-order chi connectivity index (χ1) is 19.8. The van der Waals surface area contributed by atoms with Crippen molar-refractivity contribution in [1.82, 2.24) is 4.90 Å². The average Bonchev–Trinajstić information content (AvgIpc) is 3.24. The average molecular weight is 564 g/mol. The van der Waals surface area contributed by atoms with Gasteiger partial charge in [-0.1, -0.05) is 97.0 Å². The molecule has 0 bridgehead atoms. The molecule has 3 aliphatic carbocycles. The van der Waals surface area contributed by atoms with Crippen LogP contribution in [-0.2, 0) is 11.2 Å².